The molecule has 2 aromatic rings. The van der Waals surface area contributed by atoms with Crippen LogP contribution in [0.3, 0.4) is 0 Å². The van der Waals surface area contributed by atoms with Crippen LogP contribution in [0.5, 0.6) is 0 Å². The highest BCUT2D eigenvalue weighted by molar-refractivity contribution is 7.09. The second-order valence-corrected chi connectivity index (χ2v) is 7.52. The number of nitrogens with zero attached hydrogens (tertiary/aromatic N) is 3. The lowest BCUT2D eigenvalue weighted by Crippen LogP contribution is -2.32. The lowest BCUT2D eigenvalue weighted by molar-refractivity contribution is 0.241. The predicted molar refractivity (Wildman–Crippen MR) is 115 cm³/mol. The predicted octanol–water partition coefficient (Wildman–Crippen LogP) is 4.81. The Morgan fingerprint density at radius 2 is 2.00 bits per heavy atom. The van der Waals surface area contributed by atoms with Crippen LogP contribution < -0.4 is 0 Å². The highest BCUT2D eigenvalue weighted by Crippen LogP contribution is 2.24. The lowest BCUT2D eigenvalue weighted by Gasteiger charge is -2.30. The van der Waals surface area contributed by atoms with Crippen molar-refractivity contribution >= 4 is 48.6 Å². The van der Waals surface area contributed by atoms with Crippen LogP contribution in [-0.2, 0) is 26.1 Å². The highest BCUT2D eigenvalue weighted by Gasteiger charge is 2.20. The SMILES string of the molecule is CC(C)N(C)Cc1cncc2c1CCN(Cc1cccs1)C2.Cl.Cl.Cl. The van der Waals surface area contributed by atoms with Crippen LogP contribution in [-0.4, -0.2) is 34.4 Å². The molecule has 0 bridgehead atoms. The van der Waals surface area contributed by atoms with E-state index in [1.54, 1.807) is 0 Å². The Bertz CT molecular complexity index is 620. The van der Waals surface area contributed by atoms with E-state index in [1.165, 1.54) is 21.6 Å². The van der Waals surface area contributed by atoms with Gasteiger partial charge in [0.05, 0.1) is 0 Å². The van der Waals surface area contributed by atoms with Gasteiger partial charge in [0, 0.05) is 49.5 Å². The molecule has 7 heteroatoms. The molecule has 0 radical (unpaired) electrons. The van der Waals surface area contributed by atoms with Gasteiger partial charge in [0.1, 0.15) is 0 Å². The zero-order chi connectivity index (χ0) is 15.5. The Morgan fingerprint density at radius 3 is 2.64 bits per heavy atom. The van der Waals surface area contributed by atoms with Crippen molar-refractivity contribution in [1.29, 1.82) is 0 Å². The molecule has 0 amide bonds. The number of pyridine rings is 1. The molecular weight excluding hydrogens is 397 g/mol. The molecule has 3 nitrogen and oxygen atoms in total. The first-order valence-electron chi connectivity index (χ1n) is 8.03. The van der Waals surface area contributed by atoms with Gasteiger partial charge in [-0.2, -0.15) is 0 Å². The molecule has 3 heterocycles. The van der Waals surface area contributed by atoms with Crippen LogP contribution in [0.25, 0.3) is 0 Å². The molecule has 0 N–H and O–H groups in total. The summed E-state index contributed by atoms with van der Waals surface area (Å²) < 4.78 is 0. The van der Waals surface area contributed by atoms with E-state index < -0.39 is 0 Å². The quantitative estimate of drug-likeness (QED) is 0.687. The maximum Gasteiger partial charge on any atom is 0.0331 e. The van der Waals surface area contributed by atoms with Crippen molar-refractivity contribution in [2.75, 3.05) is 13.6 Å². The van der Waals surface area contributed by atoms with E-state index in [0.717, 1.165) is 32.6 Å². The van der Waals surface area contributed by atoms with E-state index in [4.69, 9.17) is 0 Å². The lowest BCUT2D eigenvalue weighted by atomic mass is 9.96. The van der Waals surface area contributed by atoms with Gasteiger partial charge in [-0.1, -0.05) is 6.07 Å². The molecular formula is C18H28Cl3N3S. The Balaban J connectivity index is 0.00000192. The summed E-state index contributed by atoms with van der Waals surface area (Å²) >= 11 is 1.85. The molecule has 25 heavy (non-hydrogen) atoms. The Labute approximate surface area is 174 Å². The van der Waals surface area contributed by atoms with Gasteiger partial charge in [0.15, 0.2) is 0 Å². The highest BCUT2D eigenvalue weighted by atomic mass is 35.5. The summed E-state index contributed by atoms with van der Waals surface area (Å²) in [6.07, 6.45) is 5.27. The zero-order valence-electron chi connectivity index (χ0n) is 15.0. The third-order valence-corrected chi connectivity index (χ3v) is 5.43. The van der Waals surface area contributed by atoms with Gasteiger partial charge in [-0.3, -0.25) is 14.8 Å². The van der Waals surface area contributed by atoms with E-state index >= 15 is 0 Å². The van der Waals surface area contributed by atoms with Crippen LogP contribution in [0.1, 0.15) is 35.4 Å². The summed E-state index contributed by atoms with van der Waals surface area (Å²) in [4.78, 5) is 10.9. The molecule has 0 unspecified atom stereocenters. The summed E-state index contributed by atoms with van der Waals surface area (Å²) in [6.45, 7) is 8.72. The summed E-state index contributed by atoms with van der Waals surface area (Å²) in [5, 5.41) is 2.16. The average molecular weight is 425 g/mol. The topological polar surface area (TPSA) is 19.4 Å². The molecule has 0 spiro atoms. The molecule has 0 atom stereocenters. The molecule has 0 aromatic carbocycles. The molecule has 3 rings (SSSR count). The molecule has 1 aliphatic heterocycles. The molecule has 0 fully saturated rings. The Kier molecular flexibility index (Phi) is 11.2. The van der Waals surface area contributed by atoms with Gasteiger partial charge in [-0.25, -0.2) is 0 Å². The van der Waals surface area contributed by atoms with Crippen LogP contribution in [0, 0.1) is 0 Å². The first kappa shape index (κ1) is 24.6. The average Bonchev–Trinajstić information content (AvgIpc) is 3.00. The van der Waals surface area contributed by atoms with Crippen molar-refractivity contribution in [3.63, 3.8) is 0 Å². The second kappa shape index (κ2) is 11.4. The second-order valence-electron chi connectivity index (χ2n) is 6.49. The molecule has 142 valence electrons. The molecule has 0 saturated heterocycles. The number of hydrogen-bond donors (Lipinski definition) is 0. The maximum atomic E-state index is 4.49. The van der Waals surface area contributed by atoms with E-state index in [9.17, 15) is 0 Å². The fourth-order valence-corrected chi connectivity index (χ4v) is 3.72. The van der Waals surface area contributed by atoms with E-state index in [1.807, 2.05) is 11.3 Å². The largest absolute Gasteiger partial charge is 0.300 e. The normalized spacial score (nSPS) is 13.6. The maximum absolute atomic E-state index is 4.49. The number of thiophene rings is 1. The zero-order valence-corrected chi connectivity index (χ0v) is 18.2. The van der Waals surface area contributed by atoms with Crippen LogP contribution in [0.2, 0.25) is 0 Å². The minimum absolute atomic E-state index is 0. The third-order valence-electron chi connectivity index (χ3n) is 4.57. The minimum Gasteiger partial charge on any atom is -0.300 e. The summed E-state index contributed by atoms with van der Waals surface area (Å²) in [5.41, 5.74) is 4.35. The number of rotatable bonds is 5. The van der Waals surface area contributed by atoms with Gasteiger partial charge >= 0.3 is 0 Å². The van der Waals surface area contributed by atoms with Crippen molar-refractivity contribution in [3.05, 3.63) is 51.5 Å². The van der Waals surface area contributed by atoms with E-state index in [0.29, 0.717) is 6.04 Å². The van der Waals surface area contributed by atoms with Gasteiger partial charge in [-0.15, -0.1) is 48.6 Å². The smallest absolute Gasteiger partial charge is 0.0331 e. The van der Waals surface area contributed by atoms with Crippen molar-refractivity contribution in [1.82, 2.24) is 14.8 Å². The third kappa shape index (κ3) is 6.38. The number of hydrogen-bond acceptors (Lipinski definition) is 4. The molecule has 1 aliphatic rings. The molecule has 0 aliphatic carbocycles. The van der Waals surface area contributed by atoms with Gasteiger partial charge in [-0.05, 0) is 55.5 Å². The molecule has 0 saturated carbocycles. The van der Waals surface area contributed by atoms with E-state index in [-0.39, 0.29) is 37.2 Å². The van der Waals surface area contributed by atoms with Crippen molar-refractivity contribution in [3.8, 4) is 0 Å². The van der Waals surface area contributed by atoms with Crippen molar-refractivity contribution in [2.45, 2.75) is 45.9 Å². The standard InChI is InChI=1S/C18H25N3S.3ClH/c1-14(2)20(3)11-15-9-19-10-16-12-21(7-6-18(15)16)13-17-5-4-8-22-17;;;/h4-5,8-10,14H,6-7,11-13H2,1-3H3;3*1H. The fourth-order valence-electron chi connectivity index (χ4n) is 2.97. The number of fused-ring (bicyclic) bond motifs is 1. The number of aromatic nitrogens is 1. The Hall–Kier alpha value is -0.360. The van der Waals surface area contributed by atoms with Crippen molar-refractivity contribution in [2.24, 2.45) is 0 Å². The minimum atomic E-state index is 0. The van der Waals surface area contributed by atoms with Gasteiger partial charge in [0.2, 0.25) is 0 Å². The fraction of sp³-hybridized carbons (Fsp3) is 0.500. The van der Waals surface area contributed by atoms with E-state index in [2.05, 4.69) is 65.6 Å². The summed E-state index contributed by atoms with van der Waals surface area (Å²) in [7, 11) is 2.19. The summed E-state index contributed by atoms with van der Waals surface area (Å²) in [5.74, 6) is 0. The first-order valence-corrected chi connectivity index (χ1v) is 8.91. The monoisotopic (exact) mass is 423 g/mol. The summed E-state index contributed by atoms with van der Waals surface area (Å²) in [6, 6.07) is 4.93. The molecule has 2 aromatic heterocycles. The van der Waals surface area contributed by atoms with Crippen LogP contribution >= 0.6 is 48.6 Å². The van der Waals surface area contributed by atoms with Gasteiger partial charge < -0.3 is 0 Å². The first-order chi connectivity index (χ1) is 10.6. The van der Waals surface area contributed by atoms with Gasteiger partial charge in [0.25, 0.3) is 0 Å². The number of halogens is 3. The van der Waals surface area contributed by atoms with Crippen LogP contribution in [0.4, 0.5) is 0 Å². The van der Waals surface area contributed by atoms with Crippen LogP contribution in [0.15, 0.2) is 29.9 Å². The van der Waals surface area contributed by atoms with Crippen molar-refractivity contribution < 1.29 is 0 Å². The Morgan fingerprint density at radius 1 is 1.24 bits per heavy atom.